The molecule has 3 rings (SSSR count). The van der Waals surface area contributed by atoms with Gasteiger partial charge in [0.15, 0.2) is 0 Å². The highest BCUT2D eigenvalue weighted by atomic mass is 35.5. The van der Waals surface area contributed by atoms with Crippen LogP contribution in [0.1, 0.15) is 23.2 Å². The monoisotopic (exact) mass is 339 g/mol. The van der Waals surface area contributed by atoms with Crippen molar-refractivity contribution >= 4 is 23.4 Å². The van der Waals surface area contributed by atoms with E-state index in [0.29, 0.717) is 22.7 Å². The molecule has 1 saturated carbocycles. The molecule has 1 aromatic heterocycles. The van der Waals surface area contributed by atoms with Gasteiger partial charge in [-0.25, -0.2) is 9.78 Å². The van der Waals surface area contributed by atoms with Gasteiger partial charge in [0.2, 0.25) is 0 Å². The van der Waals surface area contributed by atoms with E-state index < -0.39 is 5.97 Å². The third-order valence-corrected chi connectivity index (χ3v) is 5.42. The summed E-state index contributed by atoms with van der Waals surface area (Å²) in [5.41, 5.74) is 0.0958. The van der Waals surface area contributed by atoms with Crippen LogP contribution in [0.15, 0.2) is 12.3 Å². The molecular weight excluding hydrogens is 318 g/mol. The van der Waals surface area contributed by atoms with Crippen molar-refractivity contribution < 1.29 is 15.0 Å². The number of aromatic nitrogens is 1. The second-order valence-electron chi connectivity index (χ2n) is 6.83. The Morgan fingerprint density at radius 2 is 2.00 bits per heavy atom. The molecule has 0 aromatic carbocycles. The number of carboxylic acid groups (broad SMARTS) is 1. The van der Waals surface area contributed by atoms with Gasteiger partial charge in [-0.3, -0.25) is 0 Å². The van der Waals surface area contributed by atoms with E-state index in [-0.39, 0.29) is 17.7 Å². The topological polar surface area (TPSA) is 76.9 Å². The Labute approximate surface area is 140 Å². The van der Waals surface area contributed by atoms with E-state index in [1.807, 2.05) is 14.1 Å². The number of likely N-dealkylation sites (N-methyl/N-ethyl adjacent to an activating group) is 1. The number of pyridine rings is 1. The van der Waals surface area contributed by atoms with Crippen molar-refractivity contribution in [2.75, 3.05) is 32.1 Å². The average Bonchev–Trinajstić information content (AvgIpc) is 2.88. The van der Waals surface area contributed by atoms with Crippen LogP contribution in [0.2, 0.25) is 5.02 Å². The van der Waals surface area contributed by atoms with E-state index in [9.17, 15) is 9.90 Å². The normalized spacial score (nSPS) is 30.6. The smallest absolute Gasteiger partial charge is 0.337 e. The summed E-state index contributed by atoms with van der Waals surface area (Å²) in [6.07, 6.45) is 2.79. The largest absolute Gasteiger partial charge is 0.478 e. The van der Waals surface area contributed by atoms with Crippen LogP contribution in [0, 0.1) is 11.8 Å². The summed E-state index contributed by atoms with van der Waals surface area (Å²) in [6.45, 7) is 1.65. The van der Waals surface area contributed by atoms with Gasteiger partial charge in [-0.05, 0) is 44.8 Å². The molecule has 0 bridgehead atoms. The summed E-state index contributed by atoms with van der Waals surface area (Å²) >= 11 is 6.23. The van der Waals surface area contributed by atoms with Gasteiger partial charge in [-0.2, -0.15) is 0 Å². The minimum absolute atomic E-state index is 0.0958. The predicted molar refractivity (Wildman–Crippen MR) is 88.1 cm³/mol. The number of halogens is 1. The lowest BCUT2D eigenvalue weighted by Crippen LogP contribution is -2.46. The molecule has 2 N–H and O–H groups in total. The van der Waals surface area contributed by atoms with Crippen molar-refractivity contribution in [2.45, 2.75) is 25.0 Å². The third-order valence-electron chi connectivity index (χ3n) is 5.14. The van der Waals surface area contributed by atoms with Crippen molar-refractivity contribution in [3.8, 4) is 0 Å². The first-order chi connectivity index (χ1) is 10.9. The Hall–Kier alpha value is -1.37. The van der Waals surface area contributed by atoms with E-state index in [0.717, 1.165) is 25.9 Å². The van der Waals surface area contributed by atoms with Crippen LogP contribution in [-0.2, 0) is 0 Å². The fourth-order valence-electron chi connectivity index (χ4n) is 3.92. The lowest BCUT2D eigenvalue weighted by atomic mass is 9.77. The highest BCUT2D eigenvalue weighted by molar-refractivity contribution is 6.33. The molecular formula is C16H22ClN3O3. The quantitative estimate of drug-likeness (QED) is 0.870. The number of aliphatic hydroxyl groups excluding tert-OH is 1. The Morgan fingerprint density at radius 3 is 2.57 bits per heavy atom. The number of hydrogen-bond acceptors (Lipinski definition) is 5. The van der Waals surface area contributed by atoms with Crippen LogP contribution in [-0.4, -0.2) is 65.4 Å². The summed E-state index contributed by atoms with van der Waals surface area (Å²) in [5, 5.41) is 19.7. The molecule has 1 aliphatic carbocycles. The maximum Gasteiger partial charge on any atom is 0.337 e. The van der Waals surface area contributed by atoms with E-state index in [4.69, 9.17) is 16.7 Å². The first kappa shape index (κ1) is 16.5. The van der Waals surface area contributed by atoms with Gasteiger partial charge in [0.05, 0.1) is 16.7 Å². The van der Waals surface area contributed by atoms with Crippen LogP contribution in [0.25, 0.3) is 0 Å². The average molecular weight is 340 g/mol. The molecule has 126 valence electrons. The first-order valence-electron chi connectivity index (χ1n) is 7.85. The molecule has 2 fully saturated rings. The number of aliphatic hydroxyl groups is 1. The van der Waals surface area contributed by atoms with Crippen molar-refractivity contribution in [1.82, 2.24) is 9.88 Å². The Morgan fingerprint density at radius 1 is 1.35 bits per heavy atom. The predicted octanol–water partition coefficient (Wildman–Crippen LogP) is 1.57. The lowest BCUT2D eigenvalue weighted by molar-refractivity contribution is 0.00942. The number of carboxylic acids is 1. The van der Waals surface area contributed by atoms with Crippen LogP contribution >= 0.6 is 11.6 Å². The van der Waals surface area contributed by atoms with Gasteiger partial charge in [0.25, 0.3) is 0 Å². The molecule has 4 atom stereocenters. The van der Waals surface area contributed by atoms with Gasteiger partial charge < -0.3 is 20.0 Å². The number of aromatic carboxylic acids is 1. The zero-order chi connectivity index (χ0) is 16.7. The minimum Gasteiger partial charge on any atom is -0.478 e. The van der Waals surface area contributed by atoms with Crippen LogP contribution in [0.5, 0.6) is 0 Å². The molecule has 23 heavy (non-hydrogen) atoms. The maximum atomic E-state index is 11.0. The van der Waals surface area contributed by atoms with Crippen LogP contribution in [0.4, 0.5) is 5.82 Å². The summed E-state index contributed by atoms with van der Waals surface area (Å²) in [6, 6.07) is 1.64. The zero-order valence-corrected chi connectivity index (χ0v) is 14.1. The van der Waals surface area contributed by atoms with E-state index in [2.05, 4.69) is 14.8 Å². The van der Waals surface area contributed by atoms with E-state index in [1.54, 1.807) is 0 Å². The van der Waals surface area contributed by atoms with Gasteiger partial charge in [-0.1, -0.05) is 11.6 Å². The van der Waals surface area contributed by atoms with Gasteiger partial charge in [0, 0.05) is 25.3 Å². The van der Waals surface area contributed by atoms with Crippen molar-refractivity contribution in [1.29, 1.82) is 0 Å². The molecule has 0 amide bonds. The maximum absolute atomic E-state index is 11.0. The molecule has 1 aromatic rings. The molecule has 6 nitrogen and oxygen atoms in total. The number of rotatable bonds is 3. The number of hydrogen-bond donors (Lipinski definition) is 2. The highest BCUT2D eigenvalue weighted by Crippen LogP contribution is 2.40. The molecule has 0 spiro atoms. The number of anilines is 1. The summed E-state index contributed by atoms with van der Waals surface area (Å²) < 4.78 is 0. The number of nitrogens with zero attached hydrogens (tertiary/aromatic N) is 3. The van der Waals surface area contributed by atoms with Gasteiger partial charge >= 0.3 is 5.97 Å². The second-order valence-corrected chi connectivity index (χ2v) is 7.24. The SMILES string of the molecule is CN(C)[C@@H]1C[C@@H]2CN(c3ncc(C(=O)O)cc3Cl)C[C@@H]2C[C@H]1O. The molecule has 2 aliphatic rings. The number of carbonyl (C=O) groups is 1. The first-order valence-corrected chi connectivity index (χ1v) is 8.23. The van der Waals surface area contributed by atoms with Crippen LogP contribution in [0.3, 0.4) is 0 Å². The summed E-state index contributed by atoms with van der Waals surface area (Å²) in [7, 11) is 4.01. The number of fused-ring (bicyclic) bond motifs is 1. The third kappa shape index (κ3) is 3.16. The molecule has 0 unspecified atom stereocenters. The minimum atomic E-state index is -1.03. The molecule has 2 heterocycles. The lowest BCUT2D eigenvalue weighted by Gasteiger charge is -2.38. The van der Waals surface area contributed by atoms with Crippen molar-refractivity contribution in [3.63, 3.8) is 0 Å². The Balaban J connectivity index is 1.76. The van der Waals surface area contributed by atoms with E-state index in [1.165, 1.54) is 12.3 Å². The van der Waals surface area contributed by atoms with Crippen molar-refractivity contribution in [3.05, 3.63) is 22.8 Å². The molecule has 1 saturated heterocycles. The van der Waals surface area contributed by atoms with Crippen molar-refractivity contribution in [2.24, 2.45) is 11.8 Å². The zero-order valence-electron chi connectivity index (χ0n) is 13.3. The fourth-order valence-corrected chi connectivity index (χ4v) is 4.20. The highest BCUT2D eigenvalue weighted by Gasteiger charge is 2.43. The molecule has 1 aliphatic heterocycles. The van der Waals surface area contributed by atoms with E-state index >= 15 is 0 Å². The Kier molecular flexibility index (Phi) is 4.49. The standard InChI is InChI=1S/C16H22ClN3O3/c1-19(2)13-4-10-7-20(8-11(10)5-14(13)21)15-12(17)3-9(6-18-15)16(22)23/h3,6,10-11,13-14,21H,4-5,7-8H2,1-2H3,(H,22,23)/t10-,11+,13-,14-/m1/s1. The van der Waals surface area contributed by atoms with Crippen LogP contribution < -0.4 is 4.90 Å². The molecule has 7 heteroatoms. The fraction of sp³-hybridized carbons (Fsp3) is 0.625. The Bertz CT molecular complexity index is 610. The molecule has 0 radical (unpaired) electrons. The summed E-state index contributed by atoms with van der Waals surface area (Å²) in [5.74, 6) is 0.543. The van der Waals surface area contributed by atoms with Gasteiger partial charge in [0.1, 0.15) is 5.82 Å². The van der Waals surface area contributed by atoms with Gasteiger partial charge in [-0.15, -0.1) is 0 Å². The summed E-state index contributed by atoms with van der Waals surface area (Å²) in [4.78, 5) is 19.4. The second kappa shape index (κ2) is 6.26.